The summed E-state index contributed by atoms with van der Waals surface area (Å²) in [7, 11) is -2.14. The van der Waals surface area contributed by atoms with Crippen molar-refractivity contribution in [3.05, 3.63) is 57.6 Å². The number of hydrogen-bond donors (Lipinski definition) is 1. The highest BCUT2D eigenvalue weighted by Crippen LogP contribution is 2.48. The van der Waals surface area contributed by atoms with Crippen LogP contribution in [0.25, 0.3) is 0 Å². The van der Waals surface area contributed by atoms with E-state index in [9.17, 15) is 18.3 Å². The van der Waals surface area contributed by atoms with Gasteiger partial charge in [-0.25, -0.2) is 12.8 Å². The van der Waals surface area contributed by atoms with Crippen LogP contribution in [0.5, 0.6) is 5.75 Å². The molecule has 0 fully saturated rings. The van der Waals surface area contributed by atoms with Gasteiger partial charge in [0.2, 0.25) is 5.67 Å². The number of ketones is 1. The van der Waals surface area contributed by atoms with E-state index in [1.165, 1.54) is 12.1 Å². The van der Waals surface area contributed by atoms with Crippen molar-refractivity contribution in [2.75, 3.05) is 13.4 Å². The molecule has 0 heterocycles. The van der Waals surface area contributed by atoms with Crippen LogP contribution in [0.3, 0.4) is 0 Å². The predicted molar refractivity (Wildman–Crippen MR) is 111 cm³/mol. The molecule has 0 bridgehead atoms. The summed E-state index contributed by atoms with van der Waals surface area (Å²) in [5.41, 5.74) is -1.46. The molecule has 1 aliphatic carbocycles. The van der Waals surface area contributed by atoms with Gasteiger partial charge < -0.3 is 9.84 Å². The lowest BCUT2D eigenvalue weighted by Gasteiger charge is -2.24. The fourth-order valence-electron chi connectivity index (χ4n) is 3.75. The number of rotatable bonds is 6. The maximum Gasteiger partial charge on any atom is 0.202 e. The Hall–Kier alpha value is -1.77. The van der Waals surface area contributed by atoms with E-state index in [1.807, 2.05) is 0 Å². The Morgan fingerprint density at radius 1 is 1.31 bits per heavy atom. The SMILES string of the molecule is COc1ccc([C@@H](C)CC(=O)[C@@]2(F)Cc3c(Br)ccc(S(C)(=O)=O)c3[C@@H]2O)cc1. The van der Waals surface area contributed by atoms with Crippen LogP contribution in [0.15, 0.2) is 45.8 Å². The van der Waals surface area contributed by atoms with E-state index < -0.39 is 27.4 Å². The first-order valence-corrected chi connectivity index (χ1v) is 11.7. The number of carbonyl (C=O) groups is 1. The minimum absolute atomic E-state index is 0.0326. The summed E-state index contributed by atoms with van der Waals surface area (Å²) in [4.78, 5) is 12.7. The molecule has 2 aromatic rings. The molecule has 8 heteroatoms. The van der Waals surface area contributed by atoms with Crippen molar-refractivity contribution in [3.63, 3.8) is 0 Å². The van der Waals surface area contributed by atoms with Crippen LogP contribution in [0.4, 0.5) is 4.39 Å². The summed E-state index contributed by atoms with van der Waals surface area (Å²) in [5, 5.41) is 10.7. The van der Waals surface area contributed by atoms with Crippen molar-refractivity contribution in [2.45, 2.75) is 42.4 Å². The zero-order valence-electron chi connectivity index (χ0n) is 16.3. The van der Waals surface area contributed by atoms with Gasteiger partial charge in [-0.15, -0.1) is 0 Å². The van der Waals surface area contributed by atoms with Crippen LogP contribution < -0.4 is 4.74 Å². The van der Waals surface area contributed by atoms with E-state index in [0.717, 1.165) is 11.8 Å². The number of sulfone groups is 1. The number of ether oxygens (including phenoxy) is 1. The second-order valence-electron chi connectivity index (χ2n) is 7.45. The van der Waals surface area contributed by atoms with E-state index in [0.29, 0.717) is 15.8 Å². The highest BCUT2D eigenvalue weighted by Gasteiger charge is 2.53. The highest BCUT2D eigenvalue weighted by molar-refractivity contribution is 9.10. The van der Waals surface area contributed by atoms with Crippen molar-refractivity contribution in [1.82, 2.24) is 0 Å². The summed E-state index contributed by atoms with van der Waals surface area (Å²) >= 11 is 3.28. The number of aliphatic hydroxyl groups excluding tert-OH is 1. The van der Waals surface area contributed by atoms with E-state index >= 15 is 4.39 Å². The van der Waals surface area contributed by atoms with Crippen molar-refractivity contribution in [3.8, 4) is 5.75 Å². The van der Waals surface area contributed by atoms with E-state index in [2.05, 4.69) is 15.9 Å². The van der Waals surface area contributed by atoms with E-state index in [4.69, 9.17) is 4.74 Å². The third-order valence-corrected chi connectivity index (χ3v) is 7.34. The van der Waals surface area contributed by atoms with Gasteiger partial charge in [-0.3, -0.25) is 4.79 Å². The lowest BCUT2D eigenvalue weighted by atomic mass is 9.86. The Bertz CT molecular complexity index is 1050. The summed E-state index contributed by atoms with van der Waals surface area (Å²) in [6, 6.07) is 9.95. The van der Waals surface area contributed by atoms with E-state index in [1.54, 1.807) is 38.3 Å². The molecular formula is C21H22BrFO5S. The normalized spacial score (nSPS) is 22.2. The smallest absolute Gasteiger partial charge is 0.202 e. The number of carbonyl (C=O) groups excluding carboxylic acids is 1. The van der Waals surface area contributed by atoms with Crippen LogP contribution in [-0.4, -0.2) is 38.3 Å². The van der Waals surface area contributed by atoms with Gasteiger partial charge in [-0.2, -0.15) is 0 Å². The van der Waals surface area contributed by atoms with Crippen molar-refractivity contribution in [2.24, 2.45) is 0 Å². The average Bonchev–Trinajstić information content (AvgIpc) is 2.94. The van der Waals surface area contributed by atoms with Crippen LogP contribution in [-0.2, 0) is 21.1 Å². The minimum Gasteiger partial charge on any atom is -0.497 e. The summed E-state index contributed by atoms with van der Waals surface area (Å²) in [6.07, 6.45) is -1.34. The van der Waals surface area contributed by atoms with Crippen molar-refractivity contribution >= 4 is 31.6 Å². The second-order valence-corrected chi connectivity index (χ2v) is 10.3. The zero-order valence-corrected chi connectivity index (χ0v) is 18.7. The van der Waals surface area contributed by atoms with Gasteiger partial charge in [0.05, 0.1) is 12.0 Å². The number of benzene rings is 2. The number of fused-ring (bicyclic) bond motifs is 1. The second kappa shape index (κ2) is 7.81. The average molecular weight is 485 g/mol. The number of hydrogen-bond acceptors (Lipinski definition) is 5. The molecule has 0 unspecified atom stereocenters. The quantitative estimate of drug-likeness (QED) is 0.671. The Kier molecular flexibility index (Phi) is 5.91. The number of methoxy groups -OCH3 is 1. The predicted octanol–water partition coefficient (Wildman–Crippen LogP) is 3.92. The molecule has 0 saturated carbocycles. The Morgan fingerprint density at radius 3 is 2.48 bits per heavy atom. The summed E-state index contributed by atoms with van der Waals surface area (Å²) < 4.78 is 45.6. The topological polar surface area (TPSA) is 80.7 Å². The fourth-order valence-corrected chi connectivity index (χ4v) is 5.19. The maximum absolute atomic E-state index is 15.8. The number of alkyl halides is 1. The maximum atomic E-state index is 15.8. The largest absolute Gasteiger partial charge is 0.497 e. The molecule has 3 atom stereocenters. The van der Waals surface area contributed by atoms with Gasteiger partial charge in [-0.1, -0.05) is 35.0 Å². The third-order valence-electron chi connectivity index (χ3n) is 5.44. The summed E-state index contributed by atoms with van der Waals surface area (Å²) in [6.45, 7) is 1.80. The van der Waals surface area contributed by atoms with Crippen molar-refractivity contribution < 1.29 is 27.4 Å². The Morgan fingerprint density at radius 2 is 1.93 bits per heavy atom. The Balaban J connectivity index is 1.90. The first-order chi connectivity index (χ1) is 13.5. The molecule has 29 heavy (non-hydrogen) atoms. The first-order valence-electron chi connectivity index (χ1n) is 9.04. The molecule has 1 N–H and O–H groups in total. The fraction of sp³-hybridized carbons (Fsp3) is 0.381. The number of halogens is 2. The molecule has 5 nitrogen and oxygen atoms in total. The molecule has 0 spiro atoms. The molecule has 0 amide bonds. The van der Waals surface area contributed by atoms with Crippen LogP contribution in [0.1, 0.15) is 42.1 Å². The molecule has 0 aromatic heterocycles. The molecular weight excluding hydrogens is 463 g/mol. The number of Topliss-reactive ketones (excluding diaryl/α,β-unsaturated/α-hetero) is 1. The number of aliphatic hydroxyl groups is 1. The van der Waals surface area contributed by atoms with E-state index in [-0.39, 0.29) is 29.2 Å². The molecule has 1 aliphatic rings. The van der Waals surface area contributed by atoms with Crippen LogP contribution in [0.2, 0.25) is 0 Å². The van der Waals surface area contributed by atoms with Crippen LogP contribution >= 0.6 is 15.9 Å². The first kappa shape index (κ1) is 21.9. The monoisotopic (exact) mass is 484 g/mol. The van der Waals surface area contributed by atoms with Gasteiger partial charge in [0, 0.05) is 29.1 Å². The van der Waals surface area contributed by atoms with Gasteiger partial charge in [0.25, 0.3) is 0 Å². The Labute approximate surface area is 177 Å². The summed E-state index contributed by atoms with van der Waals surface area (Å²) in [5.74, 6) is -0.361. The molecule has 0 saturated heterocycles. The molecule has 156 valence electrons. The molecule has 0 aliphatic heterocycles. The van der Waals surface area contributed by atoms with Crippen LogP contribution in [0, 0.1) is 0 Å². The van der Waals surface area contributed by atoms with Crippen molar-refractivity contribution in [1.29, 1.82) is 0 Å². The minimum atomic E-state index is -3.70. The van der Waals surface area contributed by atoms with Gasteiger partial charge >= 0.3 is 0 Å². The molecule has 3 rings (SSSR count). The van der Waals surface area contributed by atoms with Gasteiger partial charge in [-0.05, 0) is 41.3 Å². The molecule has 0 radical (unpaired) electrons. The standard InChI is InChI=1S/C21H22BrFO5S/c1-12(13-4-6-14(28-2)7-5-13)10-18(24)21(23)11-15-16(22)8-9-17(29(3,26)27)19(15)20(21)25/h4-9,12,20,25H,10-11H2,1-3H3/t12-,20-,21-/m0/s1. The molecule has 2 aromatic carbocycles. The zero-order chi connectivity index (χ0) is 21.6. The third kappa shape index (κ3) is 3.98. The lowest BCUT2D eigenvalue weighted by molar-refractivity contribution is -0.138. The lowest BCUT2D eigenvalue weighted by Crippen LogP contribution is -2.39. The van der Waals surface area contributed by atoms with Gasteiger partial charge in [0.1, 0.15) is 11.9 Å². The highest BCUT2D eigenvalue weighted by atomic mass is 79.9. The van der Waals surface area contributed by atoms with Gasteiger partial charge in [0.15, 0.2) is 15.6 Å².